The quantitative estimate of drug-likeness (QED) is 0.781. The molecule has 0 saturated carbocycles. The van der Waals surface area contributed by atoms with Crippen LogP contribution >= 0.6 is 15.9 Å². The molecule has 0 spiro atoms. The summed E-state index contributed by atoms with van der Waals surface area (Å²) in [6.07, 6.45) is -0.351. The van der Waals surface area contributed by atoms with Gasteiger partial charge in [0.15, 0.2) is 5.78 Å². The van der Waals surface area contributed by atoms with Gasteiger partial charge >= 0.3 is 0 Å². The summed E-state index contributed by atoms with van der Waals surface area (Å²) in [7, 11) is 1.43. The number of methoxy groups -OCH3 is 1. The smallest absolute Gasteiger partial charge is 0.171 e. The average molecular weight is 341 g/mol. The van der Waals surface area contributed by atoms with E-state index in [-0.39, 0.29) is 12.0 Å². The van der Waals surface area contributed by atoms with E-state index in [4.69, 9.17) is 4.74 Å². The van der Waals surface area contributed by atoms with Crippen LogP contribution in [-0.2, 0) is 6.42 Å². The zero-order chi connectivity index (χ0) is 14.7. The lowest BCUT2D eigenvalue weighted by Crippen LogP contribution is -2.08. The van der Waals surface area contributed by atoms with Gasteiger partial charge in [0, 0.05) is 16.5 Å². The Labute approximate surface area is 123 Å². The highest BCUT2D eigenvalue weighted by Crippen LogP contribution is 2.25. The number of ether oxygens (including phenoxy) is 1. The average Bonchev–Trinajstić information content (AvgIpc) is 2.42. The molecule has 0 aliphatic carbocycles. The van der Waals surface area contributed by atoms with Crippen molar-refractivity contribution in [2.45, 2.75) is 6.42 Å². The summed E-state index contributed by atoms with van der Waals surface area (Å²) >= 11 is 3.26. The van der Waals surface area contributed by atoms with Crippen molar-refractivity contribution in [1.82, 2.24) is 0 Å². The summed E-state index contributed by atoms with van der Waals surface area (Å²) in [4.78, 5) is 12.2. The second-order valence-electron chi connectivity index (χ2n) is 4.14. The molecule has 0 fully saturated rings. The van der Waals surface area contributed by atoms with Crippen LogP contribution in [-0.4, -0.2) is 12.9 Å². The second kappa shape index (κ2) is 6.13. The second-order valence-corrected chi connectivity index (χ2v) is 5.06. The van der Waals surface area contributed by atoms with E-state index >= 15 is 0 Å². The van der Waals surface area contributed by atoms with E-state index in [1.165, 1.54) is 13.2 Å². The zero-order valence-electron chi connectivity index (χ0n) is 10.6. The van der Waals surface area contributed by atoms with Crippen molar-refractivity contribution in [2.75, 3.05) is 7.11 Å². The Morgan fingerprint density at radius 1 is 1.20 bits per heavy atom. The lowest BCUT2D eigenvalue weighted by molar-refractivity contribution is 0.0987. The normalized spacial score (nSPS) is 10.4. The molecule has 5 heteroatoms. The Hall–Kier alpha value is -1.75. The van der Waals surface area contributed by atoms with Crippen LogP contribution in [0.5, 0.6) is 5.75 Å². The van der Waals surface area contributed by atoms with Crippen LogP contribution in [0.15, 0.2) is 40.9 Å². The van der Waals surface area contributed by atoms with Gasteiger partial charge in [0.1, 0.15) is 17.4 Å². The number of halogens is 3. The van der Waals surface area contributed by atoms with Crippen LogP contribution in [0.25, 0.3) is 0 Å². The fraction of sp³-hybridized carbons (Fsp3) is 0.133. The fourth-order valence-electron chi connectivity index (χ4n) is 1.85. The molecule has 2 rings (SSSR count). The predicted molar refractivity (Wildman–Crippen MR) is 75.1 cm³/mol. The molecule has 20 heavy (non-hydrogen) atoms. The van der Waals surface area contributed by atoms with Crippen LogP contribution in [0.2, 0.25) is 0 Å². The number of hydrogen-bond acceptors (Lipinski definition) is 2. The fourth-order valence-corrected chi connectivity index (χ4v) is 2.19. The van der Waals surface area contributed by atoms with E-state index in [9.17, 15) is 13.6 Å². The third-order valence-electron chi connectivity index (χ3n) is 2.86. The van der Waals surface area contributed by atoms with Gasteiger partial charge in [0.2, 0.25) is 0 Å². The predicted octanol–water partition coefficient (Wildman–Crippen LogP) is 4.16. The largest absolute Gasteiger partial charge is 0.496 e. The number of carbonyl (C=O) groups is 1. The van der Waals surface area contributed by atoms with Gasteiger partial charge in [-0.15, -0.1) is 0 Å². The molecule has 0 saturated heterocycles. The molecule has 0 aliphatic rings. The first-order chi connectivity index (χ1) is 9.52. The lowest BCUT2D eigenvalue weighted by Gasteiger charge is -2.09. The summed E-state index contributed by atoms with van der Waals surface area (Å²) in [6, 6.07) is 8.39. The number of Topliss-reactive ketones (excluding diaryl/α,β-unsaturated/α-hetero) is 1. The van der Waals surface area contributed by atoms with Gasteiger partial charge in [-0.05, 0) is 30.3 Å². The molecule has 0 amide bonds. The van der Waals surface area contributed by atoms with Gasteiger partial charge in [-0.2, -0.15) is 0 Å². The Morgan fingerprint density at radius 3 is 2.45 bits per heavy atom. The SMILES string of the molecule is COc1cc(Br)ccc1C(=O)Cc1c(F)cccc1F. The Balaban J connectivity index is 2.33. The monoisotopic (exact) mass is 340 g/mol. The van der Waals surface area contributed by atoms with Crippen LogP contribution in [0, 0.1) is 11.6 Å². The van der Waals surface area contributed by atoms with Gasteiger partial charge in [0.05, 0.1) is 12.7 Å². The van der Waals surface area contributed by atoms with Crippen molar-refractivity contribution >= 4 is 21.7 Å². The first-order valence-corrected chi connectivity index (χ1v) is 6.62. The molecule has 0 radical (unpaired) electrons. The van der Waals surface area contributed by atoms with Gasteiger partial charge < -0.3 is 4.74 Å². The maximum absolute atomic E-state index is 13.5. The van der Waals surface area contributed by atoms with E-state index in [0.29, 0.717) is 11.3 Å². The minimum Gasteiger partial charge on any atom is -0.496 e. The summed E-state index contributed by atoms with van der Waals surface area (Å²) in [5.41, 5.74) is 0.0563. The minimum atomic E-state index is -0.727. The number of ketones is 1. The van der Waals surface area contributed by atoms with Crippen molar-refractivity contribution < 1.29 is 18.3 Å². The van der Waals surface area contributed by atoms with Crippen molar-refractivity contribution in [3.05, 3.63) is 63.6 Å². The van der Waals surface area contributed by atoms with Crippen LogP contribution < -0.4 is 4.74 Å². The molecule has 104 valence electrons. The third-order valence-corrected chi connectivity index (χ3v) is 3.36. The molecule has 0 N–H and O–H groups in total. The number of hydrogen-bond donors (Lipinski definition) is 0. The molecule has 0 heterocycles. The molecule has 0 bridgehead atoms. The standard InChI is InChI=1S/C15H11BrF2O2/c1-20-15-7-9(16)5-6-10(15)14(19)8-11-12(17)3-2-4-13(11)18/h2-7H,8H2,1H3. The molecule has 0 atom stereocenters. The zero-order valence-corrected chi connectivity index (χ0v) is 12.2. The number of benzene rings is 2. The first kappa shape index (κ1) is 14.7. The molecule has 2 aromatic carbocycles. The topological polar surface area (TPSA) is 26.3 Å². The highest BCUT2D eigenvalue weighted by atomic mass is 79.9. The van der Waals surface area contributed by atoms with E-state index < -0.39 is 17.4 Å². The third kappa shape index (κ3) is 3.04. The maximum atomic E-state index is 13.5. The van der Waals surface area contributed by atoms with Gasteiger partial charge in [0.25, 0.3) is 0 Å². The van der Waals surface area contributed by atoms with Gasteiger partial charge in [-0.1, -0.05) is 22.0 Å². The molecule has 2 aromatic rings. The Morgan fingerprint density at radius 2 is 1.85 bits per heavy atom. The molecular weight excluding hydrogens is 330 g/mol. The Kier molecular flexibility index (Phi) is 4.49. The molecular formula is C15H11BrF2O2. The van der Waals surface area contributed by atoms with E-state index in [1.54, 1.807) is 18.2 Å². The number of carbonyl (C=O) groups excluding carboxylic acids is 1. The molecule has 0 unspecified atom stereocenters. The summed E-state index contributed by atoms with van der Waals surface area (Å²) in [6.45, 7) is 0. The number of rotatable bonds is 4. The molecule has 0 aliphatic heterocycles. The van der Waals surface area contributed by atoms with Crippen LogP contribution in [0.1, 0.15) is 15.9 Å². The summed E-state index contributed by atoms with van der Waals surface area (Å²) < 4.78 is 32.9. The lowest BCUT2D eigenvalue weighted by atomic mass is 10.0. The summed E-state index contributed by atoms with van der Waals surface area (Å²) in [5, 5.41) is 0. The van der Waals surface area contributed by atoms with Crippen molar-refractivity contribution in [3.63, 3.8) is 0 Å². The highest BCUT2D eigenvalue weighted by molar-refractivity contribution is 9.10. The van der Waals surface area contributed by atoms with E-state index in [0.717, 1.165) is 16.6 Å². The van der Waals surface area contributed by atoms with Crippen LogP contribution in [0.4, 0.5) is 8.78 Å². The maximum Gasteiger partial charge on any atom is 0.171 e. The molecule has 2 nitrogen and oxygen atoms in total. The minimum absolute atomic E-state index is 0.234. The van der Waals surface area contributed by atoms with E-state index in [2.05, 4.69) is 15.9 Å². The van der Waals surface area contributed by atoms with E-state index in [1.807, 2.05) is 0 Å². The van der Waals surface area contributed by atoms with Crippen molar-refractivity contribution in [3.8, 4) is 5.75 Å². The molecule has 0 aromatic heterocycles. The van der Waals surface area contributed by atoms with Crippen molar-refractivity contribution in [2.24, 2.45) is 0 Å². The van der Waals surface area contributed by atoms with Gasteiger partial charge in [-0.3, -0.25) is 4.79 Å². The Bertz CT molecular complexity index is 636. The van der Waals surface area contributed by atoms with Crippen molar-refractivity contribution in [1.29, 1.82) is 0 Å². The van der Waals surface area contributed by atoms with Crippen LogP contribution in [0.3, 0.4) is 0 Å². The first-order valence-electron chi connectivity index (χ1n) is 5.82. The highest BCUT2D eigenvalue weighted by Gasteiger charge is 2.17. The van der Waals surface area contributed by atoms with Gasteiger partial charge in [-0.25, -0.2) is 8.78 Å². The summed E-state index contributed by atoms with van der Waals surface area (Å²) in [5.74, 6) is -1.50.